The lowest BCUT2D eigenvalue weighted by atomic mass is 10.2. The summed E-state index contributed by atoms with van der Waals surface area (Å²) in [5.41, 5.74) is -5.77. The second kappa shape index (κ2) is 10.6. The second-order valence-corrected chi connectivity index (χ2v) is 6.30. The van der Waals surface area contributed by atoms with Crippen LogP contribution in [0.3, 0.4) is 0 Å². The number of benzene rings is 1. The molecule has 2 amide bonds. The third-order valence-electron chi connectivity index (χ3n) is 3.44. The molecule has 0 bridgehead atoms. The molecule has 0 heterocycles. The number of rotatable bonds is 8. The molecule has 0 aliphatic heterocycles. The number of urea groups is 1. The number of anilines is 1. The van der Waals surface area contributed by atoms with E-state index in [0.717, 1.165) is 12.1 Å². The van der Waals surface area contributed by atoms with Gasteiger partial charge in [-0.2, -0.15) is 26.3 Å². The molecule has 0 fully saturated rings. The summed E-state index contributed by atoms with van der Waals surface area (Å²) in [6.45, 7) is 2.33. The Morgan fingerprint density at radius 2 is 1.77 bits per heavy atom. The number of esters is 1. The highest BCUT2D eigenvalue weighted by Gasteiger charge is 2.67. The standard InChI is InChI=1S/C17H18ClF6N3O4/c1-3-6-12(18)27-31-15(17(22,23)24,13(28)30-4-2)26-14(29)25-11-8-5-7-10(9-11)16(19,20)21/h5,7-9H,3-4,6H2,1-2H3,(H2,25,26,29)/b27-12-/t15-/m0/s1. The molecule has 1 rings (SSSR count). The van der Waals surface area contributed by atoms with Gasteiger partial charge >= 0.3 is 30.1 Å². The predicted molar refractivity (Wildman–Crippen MR) is 98.3 cm³/mol. The number of hydrogen-bond acceptors (Lipinski definition) is 5. The number of carbonyl (C=O) groups is 2. The van der Waals surface area contributed by atoms with E-state index in [1.54, 1.807) is 12.2 Å². The average molecular weight is 478 g/mol. The maximum absolute atomic E-state index is 13.8. The number of carbonyl (C=O) groups excluding carboxylic acids is 2. The Bertz CT molecular complexity index is 816. The minimum Gasteiger partial charge on any atom is -0.461 e. The Morgan fingerprint density at radius 1 is 1.13 bits per heavy atom. The molecule has 0 aliphatic carbocycles. The van der Waals surface area contributed by atoms with Gasteiger partial charge in [0.25, 0.3) is 0 Å². The largest absolute Gasteiger partial charge is 0.463 e. The molecule has 0 radical (unpaired) electrons. The van der Waals surface area contributed by atoms with Crippen LogP contribution < -0.4 is 10.6 Å². The SMILES string of the molecule is CCC/C(Cl)=N/O[C@@](NC(=O)Nc1cccc(C(F)(F)F)c1)(C(=O)OCC)C(F)(F)F. The van der Waals surface area contributed by atoms with Gasteiger partial charge < -0.3 is 14.9 Å². The Labute approximate surface area is 177 Å². The molecule has 0 aliphatic rings. The minimum atomic E-state index is -5.59. The van der Waals surface area contributed by atoms with Crippen LogP contribution in [0, 0.1) is 0 Å². The molecule has 0 aromatic heterocycles. The van der Waals surface area contributed by atoms with Crippen molar-refractivity contribution in [3.8, 4) is 0 Å². The number of ether oxygens (including phenoxy) is 1. The van der Waals surface area contributed by atoms with Gasteiger partial charge in [0, 0.05) is 12.1 Å². The molecular formula is C17H18ClF6N3O4. The number of amides is 2. The maximum atomic E-state index is 13.8. The van der Waals surface area contributed by atoms with E-state index >= 15 is 0 Å². The van der Waals surface area contributed by atoms with Crippen molar-refractivity contribution in [2.75, 3.05) is 11.9 Å². The van der Waals surface area contributed by atoms with E-state index in [-0.39, 0.29) is 6.42 Å². The number of halogens is 7. The Balaban J connectivity index is 3.25. The van der Waals surface area contributed by atoms with Crippen LogP contribution in [0.4, 0.5) is 36.8 Å². The van der Waals surface area contributed by atoms with E-state index in [2.05, 4.69) is 14.7 Å². The van der Waals surface area contributed by atoms with Crippen LogP contribution in [0.2, 0.25) is 0 Å². The van der Waals surface area contributed by atoms with Gasteiger partial charge in [-0.15, -0.1) is 0 Å². The molecule has 1 aromatic carbocycles. The molecule has 0 spiro atoms. The first-order chi connectivity index (χ1) is 14.3. The van der Waals surface area contributed by atoms with Crippen LogP contribution >= 0.6 is 11.6 Å². The van der Waals surface area contributed by atoms with Gasteiger partial charge in [0.05, 0.1) is 12.2 Å². The van der Waals surface area contributed by atoms with E-state index < -0.39 is 53.1 Å². The van der Waals surface area contributed by atoms with Crippen LogP contribution in [0.5, 0.6) is 0 Å². The molecule has 0 unspecified atom stereocenters. The lowest BCUT2D eigenvalue weighted by molar-refractivity contribution is -0.284. The normalized spacial score (nSPS) is 14.4. The number of nitrogens with zero attached hydrogens (tertiary/aromatic N) is 1. The Hall–Kier alpha value is -2.70. The van der Waals surface area contributed by atoms with Crippen molar-refractivity contribution in [3.05, 3.63) is 29.8 Å². The highest BCUT2D eigenvalue weighted by molar-refractivity contribution is 6.65. The van der Waals surface area contributed by atoms with Crippen molar-refractivity contribution in [2.24, 2.45) is 5.16 Å². The smallest absolute Gasteiger partial charge is 0.461 e. The van der Waals surface area contributed by atoms with Crippen LogP contribution in [0.1, 0.15) is 32.3 Å². The van der Waals surface area contributed by atoms with Crippen molar-refractivity contribution in [1.82, 2.24) is 5.32 Å². The van der Waals surface area contributed by atoms with E-state index in [0.29, 0.717) is 18.6 Å². The van der Waals surface area contributed by atoms with Gasteiger partial charge in [0.2, 0.25) is 0 Å². The summed E-state index contributed by atoms with van der Waals surface area (Å²) in [7, 11) is 0. The summed E-state index contributed by atoms with van der Waals surface area (Å²) in [5, 5.41) is 5.62. The van der Waals surface area contributed by atoms with E-state index in [1.165, 1.54) is 12.2 Å². The topological polar surface area (TPSA) is 89.0 Å². The summed E-state index contributed by atoms with van der Waals surface area (Å²) in [4.78, 5) is 28.5. The Kier molecular flexibility index (Phi) is 8.97. The van der Waals surface area contributed by atoms with Crippen LogP contribution in [0.25, 0.3) is 0 Å². The fourth-order valence-electron chi connectivity index (χ4n) is 2.05. The fraction of sp³-hybridized carbons (Fsp3) is 0.471. The first-order valence-corrected chi connectivity index (χ1v) is 9.05. The molecule has 1 aromatic rings. The van der Waals surface area contributed by atoms with Gasteiger partial charge in [-0.25, -0.2) is 9.59 Å². The molecular weight excluding hydrogens is 460 g/mol. The summed E-state index contributed by atoms with van der Waals surface area (Å²) in [6.07, 6.45) is -9.96. The summed E-state index contributed by atoms with van der Waals surface area (Å²) >= 11 is 5.62. The number of hydrogen-bond donors (Lipinski definition) is 2. The van der Waals surface area contributed by atoms with Crippen molar-refractivity contribution in [3.63, 3.8) is 0 Å². The van der Waals surface area contributed by atoms with Gasteiger partial charge in [-0.3, -0.25) is 5.32 Å². The highest BCUT2D eigenvalue weighted by atomic mass is 35.5. The van der Waals surface area contributed by atoms with Crippen molar-refractivity contribution >= 4 is 34.5 Å². The van der Waals surface area contributed by atoms with Crippen molar-refractivity contribution in [1.29, 1.82) is 0 Å². The molecule has 2 N–H and O–H groups in total. The molecule has 14 heteroatoms. The van der Waals surface area contributed by atoms with Crippen LogP contribution in [0.15, 0.2) is 29.4 Å². The van der Waals surface area contributed by atoms with E-state index in [4.69, 9.17) is 11.6 Å². The minimum absolute atomic E-state index is 0.00868. The second-order valence-electron chi connectivity index (χ2n) is 5.87. The number of nitrogens with one attached hydrogen (secondary N) is 2. The van der Waals surface area contributed by atoms with Gasteiger partial charge in [0.15, 0.2) is 0 Å². The van der Waals surface area contributed by atoms with E-state index in [9.17, 15) is 35.9 Å². The van der Waals surface area contributed by atoms with Crippen LogP contribution in [-0.4, -0.2) is 35.7 Å². The Morgan fingerprint density at radius 3 is 2.29 bits per heavy atom. The van der Waals surface area contributed by atoms with Gasteiger partial charge in [-0.1, -0.05) is 29.7 Å². The van der Waals surface area contributed by atoms with Crippen molar-refractivity contribution in [2.45, 2.75) is 44.8 Å². The van der Waals surface area contributed by atoms with E-state index in [1.807, 2.05) is 0 Å². The maximum Gasteiger partial charge on any atom is 0.463 e. The van der Waals surface area contributed by atoms with Gasteiger partial charge in [0.1, 0.15) is 5.17 Å². The number of oxime groups is 1. The third kappa shape index (κ3) is 7.19. The zero-order chi connectivity index (χ0) is 23.9. The predicted octanol–water partition coefficient (Wildman–Crippen LogP) is 5.02. The van der Waals surface area contributed by atoms with Crippen LogP contribution in [-0.2, 0) is 20.5 Å². The highest BCUT2D eigenvalue weighted by Crippen LogP contribution is 2.34. The quantitative estimate of drug-likeness (QED) is 0.181. The molecule has 0 saturated heterocycles. The monoisotopic (exact) mass is 477 g/mol. The molecule has 31 heavy (non-hydrogen) atoms. The lowest BCUT2D eigenvalue weighted by Crippen LogP contribution is -2.66. The zero-order valence-electron chi connectivity index (χ0n) is 16.2. The zero-order valence-corrected chi connectivity index (χ0v) is 16.9. The summed E-state index contributed by atoms with van der Waals surface area (Å²) in [6, 6.07) is 1.37. The lowest BCUT2D eigenvalue weighted by Gasteiger charge is -2.31. The first-order valence-electron chi connectivity index (χ1n) is 8.67. The molecule has 174 valence electrons. The molecule has 7 nitrogen and oxygen atoms in total. The third-order valence-corrected chi connectivity index (χ3v) is 3.70. The summed E-state index contributed by atoms with van der Waals surface area (Å²) in [5.74, 6) is -2.06. The number of alkyl halides is 6. The van der Waals surface area contributed by atoms with Gasteiger partial charge in [-0.05, 0) is 31.5 Å². The average Bonchev–Trinajstić information content (AvgIpc) is 2.64. The fourth-order valence-corrected chi connectivity index (χ4v) is 2.27. The summed E-state index contributed by atoms with van der Waals surface area (Å²) < 4.78 is 84.0. The molecule has 0 saturated carbocycles. The molecule has 1 atom stereocenters. The van der Waals surface area contributed by atoms with Crippen molar-refractivity contribution < 1.29 is 45.5 Å². The first kappa shape index (κ1) is 26.3.